The Hall–Kier alpha value is -0.590. The molecule has 0 heterocycles. The molecule has 1 aliphatic rings. The molecule has 1 aliphatic carbocycles. The standard InChI is InChI=1S/C11H18O/c1-7(2)10-5-8(3)9(4)11(12)6-10/h8-10H,1,5-6H2,2-4H3/t8-,9-,10-/m0/s1. The molecule has 0 aliphatic heterocycles. The van der Waals surface area contributed by atoms with Crippen molar-refractivity contribution >= 4 is 5.78 Å². The molecule has 0 aromatic carbocycles. The van der Waals surface area contributed by atoms with Gasteiger partial charge in [-0.2, -0.15) is 0 Å². The van der Waals surface area contributed by atoms with Gasteiger partial charge >= 0.3 is 0 Å². The van der Waals surface area contributed by atoms with Crippen LogP contribution in [0.3, 0.4) is 0 Å². The lowest BCUT2D eigenvalue weighted by molar-refractivity contribution is -0.126. The van der Waals surface area contributed by atoms with Gasteiger partial charge in [-0.15, -0.1) is 0 Å². The maximum absolute atomic E-state index is 11.5. The molecule has 0 radical (unpaired) electrons. The number of hydrogen-bond donors (Lipinski definition) is 0. The Balaban J connectivity index is 2.66. The van der Waals surface area contributed by atoms with Gasteiger partial charge in [-0.1, -0.05) is 26.0 Å². The molecule has 0 saturated heterocycles. The zero-order chi connectivity index (χ0) is 9.30. The van der Waals surface area contributed by atoms with Crippen molar-refractivity contribution in [2.24, 2.45) is 17.8 Å². The Bertz CT molecular complexity index is 205. The van der Waals surface area contributed by atoms with E-state index in [1.54, 1.807) is 0 Å². The summed E-state index contributed by atoms with van der Waals surface area (Å²) in [5.41, 5.74) is 1.17. The van der Waals surface area contributed by atoms with E-state index in [0.717, 1.165) is 12.8 Å². The van der Waals surface area contributed by atoms with Gasteiger partial charge in [-0.05, 0) is 25.2 Å². The highest BCUT2D eigenvalue weighted by atomic mass is 16.1. The average molecular weight is 166 g/mol. The molecule has 1 fully saturated rings. The molecule has 0 unspecified atom stereocenters. The summed E-state index contributed by atoms with van der Waals surface area (Å²) in [5.74, 6) is 1.67. The van der Waals surface area contributed by atoms with Crippen LogP contribution in [0.2, 0.25) is 0 Å². The van der Waals surface area contributed by atoms with Crippen molar-refractivity contribution in [2.45, 2.75) is 33.6 Å². The zero-order valence-electron chi connectivity index (χ0n) is 8.26. The molecule has 0 spiro atoms. The van der Waals surface area contributed by atoms with Crippen LogP contribution in [-0.2, 0) is 4.79 Å². The third-order valence-corrected chi connectivity index (χ3v) is 3.16. The van der Waals surface area contributed by atoms with Gasteiger partial charge in [0.05, 0.1) is 0 Å². The molecule has 3 atom stereocenters. The molecule has 0 aromatic heterocycles. The maximum atomic E-state index is 11.5. The molecule has 0 N–H and O–H groups in total. The first-order valence-corrected chi connectivity index (χ1v) is 4.70. The summed E-state index contributed by atoms with van der Waals surface area (Å²) in [6.45, 7) is 10.2. The van der Waals surface area contributed by atoms with Gasteiger partial charge in [0, 0.05) is 12.3 Å². The summed E-state index contributed by atoms with van der Waals surface area (Å²) >= 11 is 0. The van der Waals surface area contributed by atoms with E-state index in [1.165, 1.54) is 5.57 Å². The number of rotatable bonds is 1. The first-order valence-electron chi connectivity index (χ1n) is 4.70. The van der Waals surface area contributed by atoms with Crippen molar-refractivity contribution in [3.8, 4) is 0 Å². The Kier molecular flexibility index (Phi) is 2.71. The Morgan fingerprint density at radius 1 is 1.50 bits per heavy atom. The lowest BCUT2D eigenvalue weighted by atomic mass is 9.73. The Morgan fingerprint density at radius 3 is 2.50 bits per heavy atom. The van der Waals surface area contributed by atoms with E-state index in [0.29, 0.717) is 17.6 Å². The van der Waals surface area contributed by atoms with Gasteiger partial charge in [0.25, 0.3) is 0 Å². The molecule has 12 heavy (non-hydrogen) atoms. The van der Waals surface area contributed by atoms with E-state index >= 15 is 0 Å². The van der Waals surface area contributed by atoms with Crippen LogP contribution < -0.4 is 0 Å². The Morgan fingerprint density at radius 2 is 2.08 bits per heavy atom. The van der Waals surface area contributed by atoms with E-state index in [4.69, 9.17) is 0 Å². The second-order valence-electron chi connectivity index (χ2n) is 4.22. The SMILES string of the molecule is C=C(C)[C@@H]1CC(=O)[C@@H](C)[C@@H](C)C1. The fourth-order valence-corrected chi connectivity index (χ4v) is 1.86. The summed E-state index contributed by atoms with van der Waals surface area (Å²) in [6.07, 6.45) is 1.86. The van der Waals surface area contributed by atoms with Crippen molar-refractivity contribution in [3.05, 3.63) is 12.2 Å². The van der Waals surface area contributed by atoms with Gasteiger partial charge in [-0.25, -0.2) is 0 Å². The summed E-state index contributed by atoms with van der Waals surface area (Å²) in [5, 5.41) is 0. The van der Waals surface area contributed by atoms with E-state index in [1.807, 2.05) is 13.8 Å². The molecule has 0 amide bonds. The molecule has 0 bridgehead atoms. The maximum Gasteiger partial charge on any atom is 0.136 e. The molecule has 0 aromatic rings. The molecule has 1 saturated carbocycles. The highest BCUT2D eigenvalue weighted by Gasteiger charge is 2.30. The fraction of sp³-hybridized carbons (Fsp3) is 0.727. The molecule has 1 heteroatoms. The predicted octanol–water partition coefficient (Wildman–Crippen LogP) is 2.81. The third kappa shape index (κ3) is 1.77. The van der Waals surface area contributed by atoms with Crippen LogP contribution >= 0.6 is 0 Å². The van der Waals surface area contributed by atoms with E-state index in [2.05, 4.69) is 13.5 Å². The molecule has 68 valence electrons. The van der Waals surface area contributed by atoms with Crippen LogP contribution in [0.5, 0.6) is 0 Å². The third-order valence-electron chi connectivity index (χ3n) is 3.16. The monoisotopic (exact) mass is 166 g/mol. The second kappa shape index (κ2) is 3.42. The van der Waals surface area contributed by atoms with Gasteiger partial charge in [0.2, 0.25) is 0 Å². The van der Waals surface area contributed by atoms with E-state index < -0.39 is 0 Å². The molecule has 1 nitrogen and oxygen atoms in total. The number of hydrogen-bond acceptors (Lipinski definition) is 1. The summed E-state index contributed by atoms with van der Waals surface area (Å²) in [4.78, 5) is 11.5. The second-order valence-corrected chi connectivity index (χ2v) is 4.22. The zero-order valence-corrected chi connectivity index (χ0v) is 8.26. The Labute approximate surface area is 74.9 Å². The largest absolute Gasteiger partial charge is 0.299 e. The van der Waals surface area contributed by atoms with Gasteiger partial charge in [0.1, 0.15) is 5.78 Å². The quantitative estimate of drug-likeness (QED) is 0.547. The number of ketones is 1. The first kappa shape index (κ1) is 9.50. The average Bonchev–Trinajstić information content (AvgIpc) is 1.99. The van der Waals surface area contributed by atoms with E-state index in [-0.39, 0.29) is 5.92 Å². The van der Waals surface area contributed by atoms with Gasteiger partial charge in [0.15, 0.2) is 0 Å². The molecule has 1 rings (SSSR count). The van der Waals surface area contributed by atoms with Crippen LogP contribution in [0.1, 0.15) is 33.6 Å². The van der Waals surface area contributed by atoms with Crippen molar-refractivity contribution in [1.82, 2.24) is 0 Å². The molecular formula is C11H18O. The van der Waals surface area contributed by atoms with Crippen molar-refractivity contribution in [1.29, 1.82) is 0 Å². The van der Waals surface area contributed by atoms with E-state index in [9.17, 15) is 4.79 Å². The summed E-state index contributed by atoms with van der Waals surface area (Å²) < 4.78 is 0. The minimum absolute atomic E-state index is 0.264. The first-order chi connectivity index (χ1) is 5.52. The smallest absolute Gasteiger partial charge is 0.136 e. The van der Waals surface area contributed by atoms with Crippen LogP contribution in [-0.4, -0.2) is 5.78 Å². The molecular weight excluding hydrogens is 148 g/mol. The summed E-state index contributed by atoms with van der Waals surface area (Å²) in [7, 11) is 0. The minimum Gasteiger partial charge on any atom is -0.299 e. The van der Waals surface area contributed by atoms with Crippen LogP contribution in [0, 0.1) is 17.8 Å². The van der Waals surface area contributed by atoms with Gasteiger partial charge in [-0.3, -0.25) is 4.79 Å². The highest BCUT2D eigenvalue weighted by Crippen LogP contribution is 2.33. The van der Waals surface area contributed by atoms with Crippen LogP contribution in [0.25, 0.3) is 0 Å². The number of Topliss-reactive ketones (excluding diaryl/α,β-unsaturated/α-hetero) is 1. The lowest BCUT2D eigenvalue weighted by Gasteiger charge is -2.31. The minimum atomic E-state index is 0.264. The lowest BCUT2D eigenvalue weighted by Crippen LogP contribution is -2.29. The van der Waals surface area contributed by atoms with Crippen molar-refractivity contribution < 1.29 is 4.79 Å². The highest BCUT2D eigenvalue weighted by molar-refractivity contribution is 5.82. The number of allylic oxidation sites excluding steroid dienone is 1. The van der Waals surface area contributed by atoms with Crippen molar-refractivity contribution in [3.63, 3.8) is 0 Å². The van der Waals surface area contributed by atoms with Crippen LogP contribution in [0.4, 0.5) is 0 Å². The van der Waals surface area contributed by atoms with Crippen molar-refractivity contribution in [2.75, 3.05) is 0 Å². The fourth-order valence-electron chi connectivity index (χ4n) is 1.86. The number of carbonyl (C=O) groups is 1. The van der Waals surface area contributed by atoms with Crippen LogP contribution in [0.15, 0.2) is 12.2 Å². The summed E-state index contributed by atoms with van der Waals surface area (Å²) in [6, 6.07) is 0. The van der Waals surface area contributed by atoms with Gasteiger partial charge < -0.3 is 0 Å². The number of carbonyl (C=O) groups excluding carboxylic acids is 1. The topological polar surface area (TPSA) is 17.1 Å². The normalized spacial score (nSPS) is 36.6. The predicted molar refractivity (Wildman–Crippen MR) is 50.9 cm³/mol.